The molecular formula is C22H22FN5O3S. The van der Waals surface area contributed by atoms with Crippen LogP contribution in [0.1, 0.15) is 25.0 Å². The third kappa shape index (κ3) is 4.51. The van der Waals surface area contributed by atoms with Crippen LogP contribution in [0.15, 0.2) is 42.5 Å². The number of rotatable bonds is 5. The van der Waals surface area contributed by atoms with Gasteiger partial charge in [-0.1, -0.05) is 12.1 Å². The summed E-state index contributed by atoms with van der Waals surface area (Å²) in [5.41, 5.74) is 1.88. The molecule has 1 fully saturated rings. The first-order valence-electron chi connectivity index (χ1n) is 10.2. The Kier molecular flexibility index (Phi) is 6.24. The number of fused-ring (bicyclic) bond motifs is 1. The quantitative estimate of drug-likeness (QED) is 0.329. The highest BCUT2D eigenvalue weighted by atomic mass is 32.1. The standard InChI is InChI=1S/C22H22FN5O3S/c1-14-12-27(15(2)11-26(14)13-16-3-7-18(23)8-4-16)20(29)10-6-17-5-9-19-21(25-32-24-19)22(17)28(30)31/h3-10,14-15H,11-13H2,1-2H3/b10-6+/t14-,15+/m1/s1. The average Bonchev–Trinajstić information content (AvgIpc) is 3.24. The van der Waals surface area contributed by atoms with Crippen LogP contribution in [0.25, 0.3) is 17.1 Å². The molecule has 0 bridgehead atoms. The van der Waals surface area contributed by atoms with Gasteiger partial charge in [0, 0.05) is 37.8 Å². The number of carbonyl (C=O) groups excluding carboxylic acids is 1. The van der Waals surface area contributed by atoms with Crippen LogP contribution in [-0.4, -0.2) is 54.6 Å². The number of benzene rings is 2. The van der Waals surface area contributed by atoms with Crippen molar-refractivity contribution in [2.45, 2.75) is 32.5 Å². The van der Waals surface area contributed by atoms with Crippen molar-refractivity contribution in [2.75, 3.05) is 13.1 Å². The number of hydrogen-bond acceptors (Lipinski definition) is 7. The van der Waals surface area contributed by atoms with Gasteiger partial charge in [0.15, 0.2) is 5.52 Å². The Balaban J connectivity index is 1.47. The Bertz CT molecular complexity index is 1180. The number of halogens is 1. The SMILES string of the molecule is C[C@@H]1CN(C(=O)/C=C/c2ccc3nsnc3c2[N+](=O)[O-])[C@@H](C)CN1Cc1ccc(F)cc1. The molecule has 3 aromatic rings. The van der Waals surface area contributed by atoms with Crippen molar-refractivity contribution in [3.63, 3.8) is 0 Å². The van der Waals surface area contributed by atoms with E-state index in [0.717, 1.165) is 17.3 Å². The predicted octanol–water partition coefficient (Wildman–Crippen LogP) is 3.87. The number of amides is 1. The zero-order valence-corrected chi connectivity index (χ0v) is 18.5. The van der Waals surface area contributed by atoms with Crippen LogP contribution in [0.2, 0.25) is 0 Å². The van der Waals surface area contributed by atoms with E-state index >= 15 is 0 Å². The maximum atomic E-state index is 13.2. The van der Waals surface area contributed by atoms with Crippen LogP contribution in [0.3, 0.4) is 0 Å². The van der Waals surface area contributed by atoms with E-state index in [2.05, 4.69) is 13.6 Å². The Labute approximate surface area is 188 Å². The highest BCUT2D eigenvalue weighted by molar-refractivity contribution is 7.00. The first-order chi connectivity index (χ1) is 15.3. The van der Waals surface area contributed by atoms with Crippen molar-refractivity contribution >= 4 is 40.4 Å². The molecule has 1 saturated heterocycles. The van der Waals surface area contributed by atoms with Gasteiger partial charge in [-0.25, -0.2) is 4.39 Å². The summed E-state index contributed by atoms with van der Waals surface area (Å²) in [6.45, 7) is 5.91. The third-order valence-corrected chi connectivity index (χ3v) is 6.26. The Morgan fingerprint density at radius 1 is 1.19 bits per heavy atom. The number of nitro benzene ring substituents is 1. The van der Waals surface area contributed by atoms with Gasteiger partial charge < -0.3 is 4.90 Å². The minimum atomic E-state index is -0.493. The molecule has 2 heterocycles. The third-order valence-electron chi connectivity index (χ3n) is 5.72. The summed E-state index contributed by atoms with van der Waals surface area (Å²) in [6, 6.07) is 9.76. The Hall–Kier alpha value is -3.24. The molecule has 2 aromatic carbocycles. The largest absolute Gasteiger partial charge is 0.334 e. The zero-order valence-electron chi connectivity index (χ0n) is 17.6. The number of nitro groups is 1. The lowest BCUT2D eigenvalue weighted by Crippen LogP contribution is -2.57. The second-order valence-corrected chi connectivity index (χ2v) is 8.50. The van der Waals surface area contributed by atoms with Gasteiger partial charge >= 0.3 is 5.69 Å². The van der Waals surface area contributed by atoms with Gasteiger partial charge in [0.25, 0.3) is 0 Å². The van der Waals surface area contributed by atoms with Gasteiger partial charge in [0.2, 0.25) is 5.91 Å². The van der Waals surface area contributed by atoms with Crippen molar-refractivity contribution in [1.82, 2.24) is 18.5 Å². The fourth-order valence-electron chi connectivity index (χ4n) is 3.99. The molecular weight excluding hydrogens is 433 g/mol. The van der Waals surface area contributed by atoms with E-state index in [1.54, 1.807) is 29.2 Å². The smallest absolute Gasteiger partial charge is 0.305 e. The molecule has 2 atom stereocenters. The first-order valence-corrected chi connectivity index (χ1v) is 10.9. The topological polar surface area (TPSA) is 92.5 Å². The van der Waals surface area contributed by atoms with Crippen molar-refractivity contribution in [3.8, 4) is 0 Å². The Morgan fingerprint density at radius 2 is 1.94 bits per heavy atom. The normalized spacial score (nSPS) is 19.7. The van der Waals surface area contributed by atoms with Crippen LogP contribution in [-0.2, 0) is 11.3 Å². The summed E-state index contributed by atoms with van der Waals surface area (Å²) >= 11 is 0.915. The van der Waals surface area contributed by atoms with Gasteiger partial charge in [-0.3, -0.25) is 19.8 Å². The molecule has 8 nitrogen and oxygen atoms in total. The van der Waals surface area contributed by atoms with Gasteiger partial charge in [-0.2, -0.15) is 8.75 Å². The van der Waals surface area contributed by atoms with Crippen molar-refractivity contribution in [1.29, 1.82) is 0 Å². The minimum absolute atomic E-state index is 0.0380. The lowest BCUT2D eigenvalue weighted by molar-refractivity contribution is -0.383. The molecule has 166 valence electrons. The second kappa shape index (κ2) is 9.09. The zero-order chi connectivity index (χ0) is 22.8. The van der Waals surface area contributed by atoms with Gasteiger partial charge in [-0.05, 0) is 49.8 Å². The maximum absolute atomic E-state index is 13.2. The fraction of sp³-hybridized carbons (Fsp3) is 0.318. The molecule has 0 unspecified atom stereocenters. The van der Waals surface area contributed by atoms with Crippen molar-refractivity contribution in [2.24, 2.45) is 0 Å². The summed E-state index contributed by atoms with van der Waals surface area (Å²) in [5, 5.41) is 11.6. The van der Waals surface area contributed by atoms with E-state index in [4.69, 9.17) is 0 Å². The summed E-state index contributed by atoms with van der Waals surface area (Å²) in [6.07, 6.45) is 2.86. The molecule has 10 heteroatoms. The summed E-state index contributed by atoms with van der Waals surface area (Å²) < 4.78 is 21.2. The molecule has 1 aliphatic heterocycles. The van der Waals surface area contributed by atoms with Crippen LogP contribution >= 0.6 is 11.7 Å². The number of hydrogen-bond donors (Lipinski definition) is 0. The van der Waals surface area contributed by atoms with E-state index in [1.165, 1.54) is 24.3 Å². The monoisotopic (exact) mass is 455 g/mol. The molecule has 0 aliphatic carbocycles. The summed E-state index contributed by atoms with van der Waals surface area (Å²) in [4.78, 5) is 28.0. The van der Waals surface area contributed by atoms with Gasteiger partial charge in [0.1, 0.15) is 11.3 Å². The first kappa shape index (κ1) is 22.0. The molecule has 0 radical (unpaired) electrons. The molecule has 1 aromatic heterocycles. The number of aromatic nitrogens is 2. The van der Waals surface area contributed by atoms with Crippen LogP contribution in [0, 0.1) is 15.9 Å². The van der Waals surface area contributed by atoms with E-state index in [1.807, 2.05) is 13.8 Å². The van der Waals surface area contributed by atoms with Crippen LogP contribution in [0.4, 0.5) is 10.1 Å². The maximum Gasteiger partial charge on any atom is 0.305 e. The van der Waals surface area contributed by atoms with Crippen molar-refractivity contribution in [3.05, 3.63) is 69.5 Å². The van der Waals surface area contributed by atoms with Crippen molar-refractivity contribution < 1.29 is 14.1 Å². The fourth-order valence-corrected chi connectivity index (χ4v) is 4.52. The molecule has 0 saturated carbocycles. The van der Waals surface area contributed by atoms with Crippen LogP contribution in [0.5, 0.6) is 0 Å². The van der Waals surface area contributed by atoms with Crippen LogP contribution < -0.4 is 0 Å². The lowest BCUT2D eigenvalue weighted by atomic mass is 10.1. The van der Waals surface area contributed by atoms with E-state index in [9.17, 15) is 19.3 Å². The molecule has 4 rings (SSSR count). The molecule has 32 heavy (non-hydrogen) atoms. The molecule has 0 spiro atoms. The Morgan fingerprint density at radius 3 is 2.66 bits per heavy atom. The van der Waals surface area contributed by atoms with E-state index in [0.29, 0.717) is 30.7 Å². The average molecular weight is 456 g/mol. The van der Waals surface area contributed by atoms with E-state index in [-0.39, 0.29) is 35.0 Å². The van der Waals surface area contributed by atoms with Gasteiger partial charge in [-0.15, -0.1) is 0 Å². The second-order valence-electron chi connectivity index (χ2n) is 7.97. The number of carbonyl (C=O) groups is 1. The number of piperazine rings is 1. The highest BCUT2D eigenvalue weighted by Crippen LogP contribution is 2.29. The molecule has 1 amide bonds. The minimum Gasteiger partial charge on any atom is -0.334 e. The van der Waals surface area contributed by atoms with E-state index < -0.39 is 4.92 Å². The number of nitrogens with zero attached hydrogens (tertiary/aromatic N) is 5. The highest BCUT2D eigenvalue weighted by Gasteiger charge is 2.31. The summed E-state index contributed by atoms with van der Waals surface area (Å²) in [5.74, 6) is -0.459. The van der Waals surface area contributed by atoms with Gasteiger partial charge in [0.05, 0.1) is 22.2 Å². The predicted molar refractivity (Wildman–Crippen MR) is 121 cm³/mol. The lowest BCUT2D eigenvalue weighted by Gasteiger charge is -2.43. The summed E-state index contributed by atoms with van der Waals surface area (Å²) in [7, 11) is 0. The molecule has 1 aliphatic rings. The molecule has 0 N–H and O–H groups in total.